The third kappa shape index (κ3) is 3.32. The number of aliphatic carboxylic acids is 1. The third-order valence-electron chi connectivity index (χ3n) is 3.94. The first-order chi connectivity index (χ1) is 9.94. The zero-order valence-corrected chi connectivity index (χ0v) is 12.4. The highest BCUT2D eigenvalue weighted by Gasteiger charge is 2.41. The molecule has 6 heteroatoms. The Morgan fingerprint density at radius 1 is 1.29 bits per heavy atom. The van der Waals surface area contributed by atoms with Crippen molar-refractivity contribution in [1.82, 2.24) is 10.3 Å². The topological polar surface area (TPSA) is 82.5 Å². The van der Waals surface area contributed by atoms with Crippen LogP contribution in [0.25, 0.3) is 0 Å². The number of anilines is 1. The second-order valence-corrected chi connectivity index (χ2v) is 5.70. The molecule has 1 heterocycles. The van der Waals surface area contributed by atoms with E-state index in [0.29, 0.717) is 24.2 Å². The molecule has 1 aliphatic rings. The zero-order chi connectivity index (χ0) is 15.5. The van der Waals surface area contributed by atoms with E-state index in [0.717, 1.165) is 19.3 Å². The molecule has 0 radical (unpaired) electrons. The highest BCUT2D eigenvalue weighted by atomic mass is 16.4. The van der Waals surface area contributed by atoms with E-state index >= 15 is 0 Å². The summed E-state index contributed by atoms with van der Waals surface area (Å²) in [6.07, 6.45) is 5.20. The molecule has 1 aromatic rings. The highest BCUT2D eigenvalue weighted by Crippen LogP contribution is 2.29. The average molecular weight is 291 g/mol. The molecule has 1 amide bonds. The molecule has 2 N–H and O–H groups in total. The number of rotatable bonds is 4. The first kappa shape index (κ1) is 15.3. The maximum atomic E-state index is 12.4. The van der Waals surface area contributed by atoms with Crippen LogP contribution in [0, 0.1) is 0 Å². The van der Waals surface area contributed by atoms with Crippen molar-refractivity contribution >= 4 is 17.7 Å². The predicted molar refractivity (Wildman–Crippen MR) is 79.5 cm³/mol. The van der Waals surface area contributed by atoms with Crippen molar-refractivity contribution in [3.8, 4) is 0 Å². The van der Waals surface area contributed by atoms with Crippen LogP contribution in [-0.4, -0.2) is 41.6 Å². The average Bonchev–Trinajstić information content (AvgIpc) is 2.48. The molecule has 0 spiro atoms. The number of hydrogen-bond acceptors (Lipinski definition) is 4. The number of amides is 1. The van der Waals surface area contributed by atoms with Crippen LogP contribution in [0.3, 0.4) is 0 Å². The van der Waals surface area contributed by atoms with Gasteiger partial charge >= 0.3 is 5.97 Å². The van der Waals surface area contributed by atoms with E-state index in [1.54, 1.807) is 23.2 Å². The molecule has 6 nitrogen and oxygen atoms in total. The van der Waals surface area contributed by atoms with Crippen LogP contribution < -0.4 is 10.2 Å². The minimum absolute atomic E-state index is 0.357. The van der Waals surface area contributed by atoms with Gasteiger partial charge in [-0.25, -0.2) is 9.78 Å². The molecule has 0 aliphatic heterocycles. The van der Waals surface area contributed by atoms with E-state index in [1.807, 2.05) is 14.1 Å². The van der Waals surface area contributed by atoms with Crippen LogP contribution in [0.5, 0.6) is 0 Å². The first-order valence-corrected chi connectivity index (χ1v) is 7.14. The Labute approximate surface area is 124 Å². The lowest BCUT2D eigenvalue weighted by Gasteiger charge is -2.34. The van der Waals surface area contributed by atoms with Gasteiger partial charge in [-0.3, -0.25) is 4.79 Å². The summed E-state index contributed by atoms with van der Waals surface area (Å²) in [6.45, 7) is 0. The minimum Gasteiger partial charge on any atom is -0.480 e. The fourth-order valence-electron chi connectivity index (χ4n) is 2.64. The van der Waals surface area contributed by atoms with E-state index in [9.17, 15) is 14.7 Å². The van der Waals surface area contributed by atoms with Crippen LogP contribution in [-0.2, 0) is 4.79 Å². The summed E-state index contributed by atoms with van der Waals surface area (Å²) in [5, 5.41) is 12.2. The standard InChI is InChI=1S/C15H21N3O3/c1-18(2)12-10-11(6-9-16-12)13(19)17-15(14(20)21)7-4-3-5-8-15/h6,9-10H,3-5,7-8H2,1-2H3,(H,17,19)(H,20,21). The lowest BCUT2D eigenvalue weighted by Crippen LogP contribution is -2.55. The van der Waals surface area contributed by atoms with Crippen LogP contribution in [0.15, 0.2) is 18.3 Å². The number of carbonyl (C=O) groups is 2. The van der Waals surface area contributed by atoms with Crippen LogP contribution in [0.4, 0.5) is 5.82 Å². The molecule has 1 aromatic heterocycles. The SMILES string of the molecule is CN(C)c1cc(C(=O)NC2(C(=O)O)CCCCC2)ccn1. The quantitative estimate of drug-likeness (QED) is 0.881. The van der Waals surface area contributed by atoms with Gasteiger partial charge in [-0.1, -0.05) is 19.3 Å². The number of nitrogens with one attached hydrogen (secondary N) is 1. The second-order valence-electron chi connectivity index (χ2n) is 5.70. The molecule has 1 saturated carbocycles. The van der Waals surface area contributed by atoms with Crippen molar-refractivity contribution in [2.45, 2.75) is 37.6 Å². The monoisotopic (exact) mass is 291 g/mol. The molecular weight excluding hydrogens is 270 g/mol. The Kier molecular flexibility index (Phi) is 4.45. The second kappa shape index (κ2) is 6.11. The van der Waals surface area contributed by atoms with Gasteiger partial charge in [0.1, 0.15) is 11.4 Å². The molecule has 0 saturated heterocycles. The fraction of sp³-hybridized carbons (Fsp3) is 0.533. The Morgan fingerprint density at radius 3 is 2.52 bits per heavy atom. The summed E-state index contributed by atoms with van der Waals surface area (Å²) in [5.41, 5.74) is -0.698. The number of pyridine rings is 1. The van der Waals surface area contributed by atoms with Gasteiger partial charge in [0.05, 0.1) is 0 Å². The smallest absolute Gasteiger partial charge is 0.329 e. The highest BCUT2D eigenvalue weighted by molar-refractivity contribution is 5.98. The van der Waals surface area contributed by atoms with E-state index < -0.39 is 11.5 Å². The van der Waals surface area contributed by atoms with Crippen LogP contribution in [0.2, 0.25) is 0 Å². The Bertz CT molecular complexity index is 537. The number of carbonyl (C=O) groups excluding carboxylic acids is 1. The normalized spacial score (nSPS) is 17.0. The molecule has 21 heavy (non-hydrogen) atoms. The lowest BCUT2D eigenvalue weighted by atomic mass is 9.81. The van der Waals surface area contributed by atoms with Crippen molar-refractivity contribution in [2.75, 3.05) is 19.0 Å². The van der Waals surface area contributed by atoms with Gasteiger partial charge < -0.3 is 15.3 Å². The number of hydrogen-bond donors (Lipinski definition) is 2. The van der Waals surface area contributed by atoms with E-state index in [4.69, 9.17) is 0 Å². The van der Waals surface area contributed by atoms with Gasteiger partial charge in [0.15, 0.2) is 0 Å². The molecule has 0 atom stereocenters. The molecule has 114 valence electrons. The molecular formula is C15H21N3O3. The molecule has 1 fully saturated rings. The molecule has 0 aromatic carbocycles. The predicted octanol–water partition coefficient (Wildman–Crippen LogP) is 1.66. The zero-order valence-electron chi connectivity index (χ0n) is 12.4. The van der Waals surface area contributed by atoms with Crippen molar-refractivity contribution in [2.24, 2.45) is 0 Å². The number of carboxylic acids is 1. The van der Waals surface area contributed by atoms with Crippen molar-refractivity contribution in [3.05, 3.63) is 23.9 Å². The summed E-state index contributed by atoms with van der Waals surface area (Å²) < 4.78 is 0. The Hall–Kier alpha value is -2.11. The van der Waals surface area contributed by atoms with Crippen molar-refractivity contribution in [3.63, 3.8) is 0 Å². The van der Waals surface area contributed by atoms with Crippen LogP contribution >= 0.6 is 0 Å². The van der Waals surface area contributed by atoms with Gasteiger partial charge in [-0.05, 0) is 25.0 Å². The summed E-state index contributed by atoms with van der Waals surface area (Å²) in [6, 6.07) is 3.26. The Morgan fingerprint density at radius 2 is 1.95 bits per heavy atom. The van der Waals surface area contributed by atoms with Gasteiger partial charge in [-0.2, -0.15) is 0 Å². The molecule has 2 rings (SSSR count). The van der Waals surface area contributed by atoms with E-state index in [-0.39, 0.29) is 5.91 Å². The van der Waals surface area contributed by atoms with Gasteiger partial charge in [0.2, 0.25) is 0 Å². The number of nitrogens with zero attached hydrogens (tertiary/aromatic N) is 2. The third-order valence-corrected chi connectivity index (χ3v) is 3.94. The van der Waals surface area contributed by atoms with E-state index in [1.165, 1.54) is 0 Å². The summed E-state index contributed by atoms with van der Waals surface area (Å²) in [7, 11) is 3.67. The number of aromatic nitrogens is 1. The molecule has 0 unspecified atom stereocenters. The number of carboxylic acid groups (broad SMARTS) is 1. The lowest BCUT2D eigenvalue weighted by molar-refractivity contribution is -0.145. The van der Waals surface area contributed by atoms with Crippen LogP contribution in [0.1, 0.15) is 42.5 Å². The fourth-order valence-corrected chi connectivity index (χ4v) is 2.64. The van der Waals surface area contributed by atoms with Gasteiger partial charge in [0, 0.05) is 25.9 Å². The van der Waals surface area contributed by atoms with Crippen molar-refractivity contribution < 1.29 is 14.7 Å². The van der Waals surface area contributed by atoms with Crippen molar-refractivity contribution in [1.29, 1.82) is 0 Å². The molecule has 1 aliphatic carbocycles. The maximum absolute atomic E-state index is 12.4. The largest absolute Gasteiger partial charge is 0.480 e. The van der Waals surface area contributed by atoms with E-state index in [2.05, 4.69) is 10.3 Å². The maximum Gasteiger partial charge on any atom is 0.329 e. The first-order valence-electron chi connectivity index (χ1n) is 7.14. The summed E-state index contributed by atoms with van der Waals surface area (Å²) in [5.74, 6) is -0.641. The summed E-state index contributed by atoms with van der Waals surface area (Å²) >= 11 is 0. The summed E-state index contributed by atoms with van der Waals surface area (Å²) in [4.78, 5) is 29.9. The van der Waals surface area contributed by atoms with Gasteiger partial charge in [0.25, 0.3) is 5.91 Å². The Balaban J connectivity index is 2.19. The molecule has 0 bridgehead atoms. The minimum atomic E-state index is -1.13. The van der Waals surface area contributed by atoms with Gasteiger partial charge in [-0.15, -0.1) is 0 Å².